The summed E-state index contributed by atoms with van der Waals surface area (Å²) in [4.78, 5) is 3.97. The summed E-state index contributed by atoms with van der Waals surface area (Å²) in [6, 6.07) is 7.77. The van der Waals surface area contributed by atoms with Crippen LogP contribution in [0.15, 0.2) is 36.7 Å². The van der Waals surface area contributed by atoms with Gasteiger partial charge in [-0.25, -0.2) is 0 Å². The zero-order chi connectivity index (χ0) is 15.4. The van der Waals surface area contributed by atoms with E-state index in [9.17, 15) is 13.9 Å². The van der Waals surface area contributed by atoms with Crippen molar-refractivity contribution in [1.29, 1.82) is 5.26 Å². The lowest BCUT2D eigenvalue weighted by molar-refractivity contribution is -0.0500. The quantitative estimate of drug-likeness (QED) is 0.938. The van der Waals surface area contributed by atoms with Gasteiger partial charge in [0.25, 0.3) is 0 Å². The number of benzene rings is 1. The summed E-state index contributed by atoms with van der Waals surface area (Å²) in [5.74, 6) is -0.203. The van der Waals surface area contributed by atoms with E-state index in [1.54, 1.807) is 25.1 Å². The van der Waals surface area contributed by atoms with E-state index in [2.05, 4.69) is 9.72 Å². The van der Waals surface area contributed by atoms with E-state index in [4.69, 9.17) is 5.26 Å². The number of hydrogen-bond acceptors (Lipinski definition) is 4. The maximum absolute atomic E-state index is 12.4. The van der Waals surface area contributed by atoms with Crippen molar-refractivity contribution in [2.24, 2.45) is 0 Å². The van der Waals surface area contributed by atoms with Crippen molar-refractivity contribution in [3.05, 3.63) is 47.8 Å². The van der Waals surface area contributed by atoms with Gasteiger partial charge in [-0.15, -0.1) is 0 Å². The first kappa shape index (κ1) is 14.9. The molecule has 21 heavy (non-hydrogen) atoms. The van der Waals surface area contributed by atoms with Crippen molar-refractivity contribution < 1.29 is 18.6 Å². The SMILES string of the molecule is C[C@H](O)c1ccncc1-c1ccc(C#N)c(OC(F)F)c1. The van der Waals surface area contributed by atoms with Crippen LogP contribution in [-0.2, 0) is 0 Å². The second-order valence-electron chi connectivity index (χ2n) is 4.34. The van der Waals surface area contributed by atoms with Gasteiger partial charge in [-0.05, 0) is 36.2 Å². The molecule has 1 N–H and O–H groups in total. The van der Waals surface area contributed by atoms with Crippen molar-refractivity contribution in [1.82, 2.24) is 4.98 Å². The summed E-state index contributed by atoms with van der Waals surface area (Å²) in [5, 5.41) is 18.7. The largest absolute Gasteiger partial charge is 0.433 e. The fourth-order valence-electron chi connectivity index (χ4n) is 1.99. The average Bonchev–Trinajstić information content (AvgIpc) is 2.46. The Hall–Kier alpha value is -2.52. The highest BCUT2D eigenvalue weighted by molar-refractivity contribution is 5.70. The number of nitriles is 1. The molecule has 108 valence electrons. The number of halogens is 2. The van der Waals surface area contributed by atoms with Crippen LogP contribution in [0.3, 0.4) is 0 Å². The summed E-state index contributed by atoms with van der Waals surface area (Å²) >= 11 is 0. The topological polar surface area (TPSA) is 66.1 Å². The fraction of sp³-hybridized carbons (Fsp3) is 0.200. The molecule has 0 spiro atoms. The van der Waals surface area contributed by atoms with Gasteiger partial charge in [0.05, 0.1) is 11.7 Å². The number of alkyl halides is 2. The Labute approximate surface area is 120 Å². The first-order chi connectivity index (χ1) is 10.0. The number of aliphatic hydroxyl groups excluding tert-OH is 1. The number of hydrogen-bond donors (Lipinski definition) is 1. The Morgan fingerprint density at radius 3 is 2.71 bits per heavy atom. The number of ether oxygens (including phenoxy) is 1. The molecule has 0 aliphatic rings. The molecule has 0 aliphatic carbocycles. The Morgan fingerprint density at radius 2 is 2.10 bits per heavy atom. The van der Waals surface area contributed by atoms with Gasteiger partial charge in [0, 0.05) is 18.0 Å². The lowest BCUT2D eigenvalue weighted by atomic mass is 9.98. The molecular formula is C15H12F2N2O2. The lowest BCUT2D eigenvalue weighted by Gasteiger charge is -2.13. The molecule has 1 atom stereocenters. The molecule has 4 nitrogen and oxygen atoms in total. The Balaban J connectivity index is 2.53. The van der Waals surface area contributed by atoms with Crippen LogP contribution in [0.25, 0.3) is 11.1 Å². The first-order valence-corrected chi connectivity index (χ1v) is 6.14. The molecule has 1 aromatic carbocycles. The van der Waals surface area contributed by atoms with Crippen molar-refractivity contribution in [2.75, 3.05) is 0 Å². The molecular weight excluding hydrogens is 278 g/mol. The van der Waals surface area contributed by atoms with E-state index in [1.807, 2.05) is 0 Å². The molecule has 1 aromatic heterocycles. The van der Waals surface area contributed by atoms with Gasteiger partial charge in [-0.2, -0.15) is 14.0 Å². The third kappa shape index (κ3) is 3.33. The Bertz CT molecular complexity index is 682. The van der Waals surface area contributed by atoms with Gasteiger partial charge in [0.15, 0.2) is 0 Å². The minimum atomic E-state index is -3.02. The summed E-state index contributed by atoms with van der Waals surface area (Å²) in [7, 11) is 0. The smallest absolute Gasteiger partial charge is 0.387 e. The number of aliphatic hydroxyl groups is 1. The molecule has 0 unspecified atom stereocenters. The van der Waals surface area contributed by atoms with E-state index < -0.39 is 12.7 Å². The molecule has 1 heterocycles. The maximum Gasteiger partial charge on any atom is 0.387 e. The number of nitrogens with zero attached hydrogens (tertiary/aromatic N) is 2. The van der Waals surface area contributed by atoms with Gasteiger partial charge < -0.3 is 9.84 Å². The molecule has 0 saturated carbocycles. The van der Waals surface area contributed by atoms with Gasteiger partial charge in [0.1, 0.15) is 11.8 Å². The van der Waals surface area contributed by atoms with Crippen LogP contribution in [0.2, 0.25) is 0 Å². The molecule has 2 aromatic rings. The molecule has 0 bridgehead atoms. The fourth-order valence-corrected chi connectivity index (χ4v) is 1.99. The number of pyridine rings is 1. The van der Waals surface area contributed by atoms with Gasteiger partial charge in [-0.1, -0.05) is 6.07 Å². The number of rotatable bonds is 4. The van der Waals surface area contributed by atoms with Crippen LogP contribution < -0.4 is 4.74 Å². The molecule has 0 radical (unpaired) electrons. The molecule has 2 rings (SSSR count). The second kappa shape index (κ2) is 6.29. The van der Waals surface area contributed by atoms with Crippen LogP contribution >= 0.6 is 0 Å². The molecule has 0 saturated heterocycles. The minimum Gasteiger partial charge on any atom is -0.433 e. The zero-order valence-electron chi connectivity index (χ0n) is 11.1. The lowest BCUT2D eigenvalue weighted by Crippen LogP contribution is -2.04. The molecule has 0 amide bonds. The van der Waals surface area contributed by atoms with Crippen molar-refractivity contribution in [2.45, 2.75) is 19.6 Å². The normalized spacial score (nSPS) is 12.0. The third-order valence-electron chi connectivity index (χ3n) is 2.93. The summed E-state index contributed by atoms with van der Waals surface area (Å²) in [6.07, 6.45) is 2.32. The zero-order valence-corrected chi connectivity index (χ0v) is 11.1. The monoisotopic (exact) mass is 290 g/mol. The van der Waals surface area contributed by atoms with Crippen molar-refractivity contribution >= 4 is 0 Å². The summed E-state index contributed by atoms with van der Waals surface area (Å²) in [6.45, 7) is -1.42. The Kier molecular flexibility index (Phi) is 4.45. The molecule has 6 heteroatoms. The molecule has 0 fully saturated rings. The average molecular weight is 290 g/mol. The minimum absolute atomic E-state index is 0.0153. The van der Waals surface area contributed by atoms with Crippen LogP contribution in [0.5, 0.6) is 5.75 Å². The van der Waals surface area contributed by atoms with Crippen LogP contribution in [0.1, 0.15) is 24.2 Å². The van der Waals surface area contributed by atoms with Crippen molar-refractivity contribution in [3.63, 3.8) is 0 Å². The van der Waals surface area contributed by atoms with Crippen LogP contribution in [0, 0.1) is 11.3 Å². The van der Waals surface area contributed by atoms with E-state index in [0.717, 1.165) is 0 Å². The van der Waals surface area contributed by atoms with E-state index >= 15 is 0 Å². The molecule has 0 aliphatic heterocycles. The Morgan fingerprint density at radius 1 is 1.33 bits per heavy atom. The highest BCUT2D eigenvalue weighted by Crippen LogP contribution is 2.32. The van der Waals surface area contributed by atoms with E-state index in [1.165, 1.54) is 24.5 Å². The first-order valence-electron chi connectivity index (χ1n) is 6.14. The summed E-state index contributed by atoms with van der Waals surface area (Å²) in [5.41, 5.74) is 1.75. The highest BCUT2D eigenvalue weighted by Gasteiger charge is 2.14. The standard InChI is InChI=1S/C15H12F2N2O2/c1-9(20)12-4-5-19-8-13(12)10-2-3-11(7-18)14(6-10)21-15(16)17/h2-6,8-9,15,20H,1H3/t9-/m0/s1. The van der Waals surface area contributed by atoms with E-state index in [0.29, 0.717) is 16.7 Å². The van der Waals surface area contributed by atoms with Gasteiger partial charge in [0.2, 0.25) is 0 Å². The van der Waals surface area contributed by atoms with Crippen LogP contribution in [0.4, 0.5) is 8.78 Å². The van der Waals surface area contributed by atoms with E-state index in [-0.39, 0.29) is 11.3 Å². The van der Waals surface area contributed by atoms with Gasteiger partial charge >= 0.3 is 6.61 Å². The van der Waals surface area contributed by atoms with Gasteiger partial charge in [-0.3, -0.25) is 4.98 Å². The maximum atomic E-state index is 12.4. The predicted molar refractivity (Wildman–Crippen MR) is 71.7 cm³/mol. The second-order valence-corrected chi connectivity index (χ2v) is 4.34. The van der Waals surface area contributed by atoms with Crippen LogP contribution in [-0.4, -0.2) is 16.7 Å². The highest BCUT2D eigenvalue weighted by atomic mass is 19.3. The predicted octanol–water partition coefficient (Wildman–Crippen LogP) is 3.27. The summed E-state index contributed by atoms with van der Waals surface area (Å²) < 4.78 is 29.1. The third-order valence-corrected chi connectivity index (χ3v) is 2.93. The number of aromatic nitrogens is 1. The van der Waals surface area contributed by atoms with Crippen molar-refractivity contribution in [3.8, 4) is 22.9 Å².